The highest BCUT2D eigenvalue weighted by atomic mass is 32.2. The van der Waals surface area contributed by atoms with Crippen LogP contribution >= 0.6 is 11.8 Å². The van der Waals surface area contributed by atoms with Crippen LogP contribution < -0.4 is 5.32 Å². The van der Waals surface area contributed by atoms with E-state index in [1.54, 1.807) is 12.4 Å². The Morgan fingerprint density at radius 2 is 2.07 bits per heavy atom. The maximum absolute atomic E-state index is 12.8. The average Bonchev–Trinajstić information content (AvgIpc) is 3.32. The normalized spacial score (nSPS) is 16.4. The molecule has 0 spiro atoms. The van der Waals surface area contributed by atoms with Crippen molar-refractivity contribution in [3.63, 3.8) is 0 Å². The Morgan fingerprint density at radius 1 is 1.21 bits per heavy atom. The fourth-order valence-electron chi connectivity index (χ4n) is 3.82. The summed E-state index contributed by atoms with van der Waals surface area (Å²) in [5.41, 5.74) is 4.60. The van der Waals surface area contributed by atoms with Crippen molar-refractivity contribution in [3.8, 4) is 11.4 Å². The van der Waals surface area contributed by atoms with Gasteiger partial charge in [-0.3, -0.25) is 14.3 Å². The zero-order valence-corrected chi connectivity index (χ0v) is 17.2. The standard InChI is InChI=1S/C22H23N5OS/c1-14(21(28)24-18-8-7-15-4-2-5-16(15)12-18)29-22-26-25-20(27(22)19-9-10-19)17-6-3-11-23-13-17/h3,6-8,11-14,19H,2,4-5,9-10H2,1H3,(H,24,28)/t14-/m1/s1. The molecule has 0 saturated heterocycles. The summed E-state index contributed by atoms with van der Waals surface area (Å²) in [6.45, 7) is 1.92. The number of carbonyl (C=O) groups is 1. The van der Waals surface area contributed by atoms with E-state index in [0.29, 0.717) is 6.04 Å². The Bertz CT molecular complexity index is 1040. The highest BCUT2D eigenvalue weighted by Gasteiger charge is 2.31. The van der Waals surface area contributed by atoms with Gasteiger partial charge in [-0.2, -0.15) is 0 Å². The molecule has 6 nitrogen and oxygen atoms in total. The van der Waals surface area contributed by atoms with E-state index in [9.17, 15) is 4.79 Å². The first-order valence-corrected chi connectivity index (χ1v) is 11.0. The molecule has 2 aliphatic rings. The molecule has 5 rings (SSSR count). The minimum Gasteiger partial charge on any atom is -0.325 e. The second-order valence-electron chi connectivity index (χ2n) is 7.74. The molecular formula is C22H23N5OS. The van der Waals surface area contributed by atoms with Crippen LogP contribution in [0.3, 0.4) is 0 Å². The number of aryl methyl sites for hydroxylation is 2. The van der Waals surface area contributed by atoms with Crippen molar-refractivity contribution < 1.29 is 4.79 Å². The number of nitrogens with zero attached hydrogens (tertiary/aromatic N) is 4. The molecule has 1 amide bonds. The summed E-state index contributed by atoms with van der Waals surface area (Å²) < 4.78 is 2.17. The third-order valence-corrected chi connectivity index (χ3v) is 6.57. The zero-order valence-electron chi connectivity index (χ0n) is 16.3. The van der Waals surface area contributed by atoms with Crippen molar-refractivity contribution in [1.29, 1.82) is 0 Å². The Morgan fingerprint density at radius 3 is 2.86 bits per heavy atom. The monoisotopic (exact) mass is 405 g/mol. The van der Waals surface area contributed by atoms with Crippen LogP contribution in [0.15, 0.2) is 47.9 Å². The van der Waals surface area contributed by atoms with Crippen molar-refractivity contribution in [3.05, 3.63) is 53.9 Å². The van der Waals surface area contributed by atoms with Gasteiger partial charge in [0.15, 0.2) is 11.0 Å². The molecule has 0 unspecified atom stereocenters. The third-order valence-electron chi connectivity index (χ3n) is 5.51. The molecule has 0 aliphatic heterocycles. The van der Waals surface area contributed by atoms with Gasteiger partial charge in [0.1, 0.15) is 0 Å². The molecule has 3 aromatic rings. The topological polar surface area (TPSA) is 72.7 Å². The Kier molecular flexibility index (Phi) is 4.83. The van der Waals surface area contributed by atoms with Crippen LogP contribution in [-0.2, 0) is 17.6 Å². The lowest BCUT2D eigenvalue weighted by molar-refractivity contribution is -0.115. The highest BCUT2D eigenvalue weighted by molar-refractivity contribution is 8.00. The number of nitrogens with one attached hydrogen (secondary N) is 1. The van der Waals surface area contributed by atoms with E-state index in [-0.39, 0.29) is 11.2 Å². The highest BCUT2D eigenvalue weighted by Crippen LogP contribution is 2.41. The number of aromatic nitrogens is 4. The number of fused-ring (bicyclic) bond motifs is 1. The largest absolute Gasteiger partial charge is 0.325 e. The maximum atomic E-state index is 12.8. The smallest absolute Gasteiger partial charge is 0.237 e. The first kappa shape index (κ1) is 18.4. The Labute approximate surface area is 174 Å². The summed E-state index contributed by atoms with van der Waals surface area (Å²) in [6.07, 6.45) is 9.25. The predicted octanol–water partition coefficient (Wildman–Crippen LogP) is 4.28. The minimum atomic E-state index is -0.272. The van der Waals surface area contributed by atoms with Crippen LogP contribution in [0.25, 0.3) is 11.4 Å². The van der Waals surface area contributed by atoms with E-state index in [1.807, 2.05) is 25.1 Å². The number of anilines is 1. The quantitative estimate of drug-likeness (QED) is 0.620. The number of carbonyl (C=O) groups excluding carboxylic acids is 1. The van der Waals surface area contributed by atoms with Crippen molar-refractivity contribution >= 4 is 23.4 Å². The zero-order chi connectivity index (χ0) is 19.8. The van der Waals surface area contributed by atoms with E-state index in [4.69, 9.17) is 0 Å². The summed E-state index contributed by atoms with van der Waals surface area (Å²) in [7, 11) is 0. The molecule has 148 valence electrons. The summed E-state index contributed by atoms with van der Waals surface area (Å²) >= 11 is 1.46. The summed E-state index contributed by atoms with van der Waals surface area (Å²) in [5, 5.41) is 12.4. The first-order valence-electron chi connectivity index (χ1n) is 10.1. The molecule has 2 aromatic heterocycles. The van der Waals surface area contributed by atoms with Crippen molar-refractivity contribution in [2.24, 2.45) is 0 Å². The van der Waals surface area contributed by atoms with Gasteiger partial charge in [0.25, 0.3) is 0 Å². The number of pyridine rings is 1. The van der Waals surface area contributed by atoms with Gasteiger partial charge in [-0.05, 0) is 74.4 Å². The van der Waals surface area contributed by atoms with E-state index < -0.39 is 0 Å². The van der Waals surface area contributed by atoms with Gasteiger partial charge in [0.05, 0.1) is 5.25 Å². The van der Waals surface area contributed by atoms with Gasteiger partial charge in [-0.15, -0.1) is 10.2 Å². The molecule has 1 N–H and O–H groups in total. The molecule has 7 heteroatoms. The number of thioether (sulfide) groups is 1. The fraction of sp³-hybridized carbons (Fsp3) is 0.364. The van der Waals surface area contributed by atoms with Crippen LogP contribution in [0.5, 0.6) is 0 Å². The van der Waals surface area contributed by atoms with Crippen molar-refractivity contribution in [2.75, 3.05) is 5.32 Å². The van der Waals surface area contributed by atoms with E-state index in [2.05, 4.69) is 37.2 Å². The number of rotatable bonds is 6. The number of benzene rings is 1. The first-order chi connectivity index (χ1) is 14.2. The second-order valence-corrected chi connectivity index (χ2v) is 9.04. The maximum Gasteiger partial charge on any atom is 0.237 e. The van der Waals surface area contributed by atoms with Crippen LogP contribution in [-0.4, -0.2) is 30.9 Å². The van der Waals surface area contributed by atoms with Gasteiger partial charge in [0.2, 0.25) is 5.91 Å². The van der Waals surface area contributed by atoms with Gasteiger partial charge >= 0.3 is 0 Å². The molecule has 0 bridgehead atoms. The lowest BCUT2D eigenvalue weighted by Gasteiger charge is -2.14. The van der Waals surface area contributed by atoms with Crippen molar-refractivity contribution in [1.82, 2.24) is 19.7 Å². The van der Waals surface area contributed by atoms with Crippen LogP contribution in [0.1, 0.15) is 43.4 Å². The van der Waals surface area contributed by atoms with E-state index >= 15 is 0 Å². The van der Waals surface area contributed by atoms with Gasteiger partial charge in [-0.1, -0.05) is 17.8 Å². The Hall–Kier alpha value is -2.67. The molecule has 0 radical (unpaired) electrons. The van der Waals surface area contributed by atoms with Gasteiger partial charge < -0.3 is 5.32 Å². The number of amides is 1. The Balaban J connectivity index is 1.32. The minimum absolute atomic E-state index is 0.0128. The number of hydrogen-bond donors (Lipinski definition) is 1. The van der Waals surface area contributed by atoms with Crippen LogP contribution in [0.4, 0.5) is 5.69 Å². The fourth-order valence-corrected chi connectivity index (χ4v) is 4.74. The van der Waals surface area contributed by atoms with Gasteiger partial charge in [0, 0.05) is 29.7 Å². The lowest BCUT2D eigenvalue weighted by atomic mass is 10.1. The molecule has 1 aromatic carbocycles. The SMILES string of the molecule is C[C@@H](Sc1nnc(-c2cccnc2)n1C1CC1)C(=O)Nc1ccc2c(c1)CCC2. The molecule has 2 aliphatic carbocycles. The number of hydrogen-bond acceptors (Lipinski definition) is 5. The molecule has 1 atom stereocenters. The molecular weight excluding hydrogens is 382 g/mol. The molecule has 29 heavy (non-hydrogen) atoms. The molecule has 1 fully saturated rings. The van der Waals surface area contributed by atoms with Gasteiger partial charge in [-0.25, -0.2) is 0 Å². The van der Waals surface area contributed by atoms with E-state index in [1.165, 1.54) is 29.3 Å². The van der Waals surface area contributed by atoms with Crippen LogP contribution in [0.2, 0.25) is 0 Å². The third kappa shape index (κ3) is 3.79. The second kappa shape index (κ2) is 7.63. The van der Waals surface area contributed by atoms with Crippen molar-refractivity contribution in [2.45, 2.75) is 55.5 Å². The molecule has 1 saturated carbocycles. The average molecular weight is 406 g/mol. The summed E-state index contributed by atoms with van der Waals surface area (Å²) in [5.74, 6) is 0.815. The molecule has 2 heterocycles. The summed E-state index contributed by atoms with van der Waals surface area (Å²) in [4.78, 5) is 17.0. The van der Waals surface area contributed by atoms with E-state index in [0.717, 1.165) is 47.9 Å². The lowest BCUT2D eigenvalue weighted by Crippen LogP contribution is -2.23. The predicted molar refractivity (Wildman–Crippen MR) is 114 cm³/mol. The summed E-state index contributed by atoms with van der Waals surface area (Å²) in [6, 6.07) is 10.6. The van der Waals surface area contributed by atoms with Crippen LogP contribution in [0, 0.1) is 0 Å².